The summed E-state index contributed by atoms with van der Waals surface area (Å²) >= 11 is 3.21. The van der Waals surface area contributed by atoms with E-state index in [9.17, 15) is 9.59 Å². The molecule has 0 atom stereocenters. The number of nitrogens with zero attached hydrogens (tertiary/aromatic N) is 2. The third-order valence-electron chi connectivity index (χ3n) is 6.40. The topological polar surface area (TPSA) is 65.8 Å². The number of nitrogens with one attached hydrogen (secondary N) is 1. The summed E-state index contributed by atoms with van der Waals surface area (Å²) in [5, 5.41) is 2.82. The lowest BCUT2D eigenvalue weighted by Crippen LogP contribution is -2.50. The van der Waals surface area contributed by atoms with Gasteiger partial charge in [-0.05, 0) is 51.3 Å². The molecule has 1 aliphatic heterocycles. The molecule has 7 heteroatoms. The molecule has 2 heterocycles. The van der Waals surface area contributed by atoms with E-state index in [-0.39, 0.29) is 17.7 Å². The number of amides is 2. The van der Waals surface area contributed by atoms with Gasteiger partial charge in [-0.2, -0.15) is 0 Å². The van der Waals surface area contributed by atoms with Crippen molar-refractivity contribution in [2.45, 2.75) is 6.04 Å². The molecule has 182 valence electrons. The van der Waals surface area contributed by atoms with Gasteiger partial charge in [-0.25, -0.2) is 0 Å². The molecule has 0 radical (unpaired) electrons. The zero-order chi connectivity index (χ0) is 24.9. The molecule has 6 nitrogen and oxygen atoms in total. The number of para-hydroxylation sites is 1. The van der Waals surface area contributed by atoms with Gasteiger partial charge in [-0.15, -0.1) is 0 Å². The molecule has 3 aromatic carbocycles. The molecule has 0 spiro atoms. The van der Waals surface area contributed by atoms with E-state index in [1.165, 1.54) is 11.1 Å². The minimum absolute atomic E-state index is 0.0952. The maximum Gasteiger partial charge on any atom is 0.291 e. The fraction of sp³-hybridized carbons (Fsp3) is 0.172. The monoisotopic (exact) mass is 543 g/mol. The Morgan fingerprint density at radius 3 is 1.92 bits per heavy atom. The fourth-order valence-corrected chi connectivity index (χ4v) is 4.94. The van der Waals surface area contributed by atoms with Crippen molar-refractivity contribution in [3.05, 3.63) is 124 Å². The van der Waals surface area contributed by atoms with Gasteiger partial charge < -0.3 is 14.6 Å². The second-order valence-electron chi connectivity index (χ2n) is 8.66. The van der Waals surface area contributed by atoms with Crippen LogP contribution >= 0.6 is 15.9 Å². The summed E-state index contributed by atoms with van der Waals surface area (Å²) in [4.78, 5) is 30.4. The zero-order valence-electron chi connectivity index (χ0n) is 19.6. The van der Waals surface area contributed by atoms with Crippen LogP contribution in [0.3, 0.4) is 0 Å². The van der Waals surface area contributed by atoms with E-state index in [1.807, 2.05) is 23.1 Å². The zero-order valence-corrected chi connectivity index (χ0v) is 21.2. The predicted molar refractivity (Wildman–Crippen MR) is 143 cm³/mol. The first-order valence-corrected chi connectivity index (χ1v) is 12.7. The van der Waals surface area contributed by atoms with Gasteiger partial charge in [0.2, 0.25) is 0 Å². The van der Waals surface area contributed by atoms with Gasteiger partial charge in [0.1, 0.15) is 0 Å². The Kier molecular flexibility index (Phi) is 7.30. The first-order valence-electron chi connectivity index (χ1n) is 11.9. The molecular formula is C29H26BrN3O3. The van der Waals surface area contributed by atoms with Gasteiger partial charge in [0.05, 0.1) is 17.3 Å². The van der Waals surface area contributed by atoms with E-state index >= 15 is 0 Å². The summed E-state index contributed by atoms with van der Waals surface area (Å²) in [5.41, 5.74) is 3.41. The fourth-order valence-electron chi connectivity index (χ4n) is 4.64. The molecule has 1 aromatic heterocycles. The third-order valence-corrected chi connectivity index (χ3v) is 6.83. The maximum absolute atomic E-state index is 13.5. The molecule has 0 bridgehead atoms. The standard InChI is InChI=1S/C29H26BrN3O3/c30-26-16-15-25(36-26)28(34)31-24-14-8-7-13-23(24)29(35)33-19-17-32(18-20-33)27(21-9-3-1-4-10-21)22-11-5-2-6-12-22/h1-16,27H,17-20H2,(H,31,34). The largest absolute Gasteiger partial charge is 0.444 e. The number of carbonyl (C=O) groups is 2. The lowest BCUT2D eigenvalue weighted by Gasteiger charge is -2.40. The van der Waals surface area contributed by atoms with Crippen LogP contribution in [0.25, 0.3) is 0 Å². The minimum Gasteiger partial charge on any atom is -0.444 e. The predicted octanol–water partition coefficient (Wildman–Crippen LogP) is 5.84. The van der Waals surface area contributed by atoms with E-state index in [1.54, 1.807) is 30.3 Å². The number of benzene rings is 3. The molecule has 36 heavy (non-hydrogen) atoms. The molecule has 0 saturated carbocycles. The van der Waals surface area contributed by atoms with Crippen LogP contribution in [0.4, 0.5) is 5.69 Å². The first-order chi connectivity index (χ1) is 17.6. The maximum atomic E-state index is 13.5. The van der Waals surface area contributed by atoms with Crippen molar-refractivity contribution in [3.63, 3.8) is 0 Å². The Hall–Kier alpha value is -3.68. The molecular weight excluding hydrogens is 518 g/mol. The highest BCUT2D eigenvalue weighted by Crippen LogP contribution is 2.30. The number of carbonyl (C=O) groups excluding carboxylic acids is 2. The van der Waals surface area contributed by atoms with Gasteiger partial charge in [0, 0.05) is 26.2 Å². The van der Waals surface area contributed by atoms with Crippen LogP contribution in [0.1, 0.15) is 38.1 Å². The van der Waals surface area contributed by atoms with Crippen LogP contribution in [0.2, 0.25) is 0 Å². The summed E-state index contributed by atoms with van der Waals surface area (Å²) in [6, 6.07) is 31.4. The summed E-state index contributed by atoms with van der Waals surface area (Å²) in [6.07, 6.45) is 0. The summed E-state index contributed by atoms with van der Waals surface area (Å²) in [6.45, 7) is 2.69. The Balaban J connectivity index is 1.30. The van der Waals surface area contributed by atoms with Crippen LogP contribution in [0, 0.1) is 0 Å². The number of rotatable bonds is 6. The van der Waals surface area contributed by atoms with Crippen LogP contribution in [-0.2, 0) is 0 Å². The highest BCUT2D eigenvalue weighted by molar-refractivity contribution is 9.10. The SMILES string of the molecule is O=C(Nc1ccccc1C(=O)N1CCN(C(c2ccccc2)c2ccccc2)CC1)c1ccc(Br)o1. The van der Waals surface area contributed by atoms with Gasteiger partial charge in [-0.1, -0.05) is 72.8 Å². The molecule has 0 unspecified atom stereocenters. The number of anilines is 1. The van der Waals surface area contributed by atoms with E-state index in [0.29, 0.717) is 29.0 Å². The minimum atomic E-state index is -0.403. The van der Waals surface area contributed by atoms with Crippen LogP contribution in [-0.4, -0.2) is 47.8 Å². The molecule has 1 saturated heterocycles. The Bertz CT molecular complexity index is 1290. The summed E-state index contributed by atoms with van der Waals surface area (Å²) < 4.78 is 5.82. The number of furan rings is 1. The van der Waals surface area contributed by atoms with Crippen LogP contribution in [0.15, 0.2) is 106 Å². The molecule has 0 aliphatic carbocycles. The molecule has 5 rings (SSSR count). The summed E-state index contributed by atoms with van der Waals surface area (Å²) in [5.74, 6) is -0.327. The van der Waals surface area contributed by atoms with Crippen molar-refractivity contribution < 1.29 is 14.0 Å². The van der Waals surface area contributed by atoms with E-state index in [0.717, 1.165) is 13.1 Å². The molecule has 2 amide bonds. The van der Waals surface area contributed by atoms with Gasteiger partial charge in [-0.3, -0.25) is 14.5 Å². The van der Waals surface area contributed by atoms with Crippen LogP contribution in [0.5, 0.6) is 0 Å². The average Bonchev–Trinajstić information content (AvgIpc) is 3.37. The van der Waals surface area contributed by atoms with Gasteiger partial charge >= 0.3 is 0 Å². The molecule has 1 aliphatic rings. The molecule has 1 fully saturated rings. The van der Waals surface area contributed by atoms with Crippen molar-refractivity contribution >= 4 is 33.4 Å². The average molecular weight is 544 g/mol. The van der Waals surface area contributed by atoms with E-state index in [4.69, 9.17) is 4.42 Å². The quantitative estimate of drug-likeness (QED) is 0.331. The number of piperazine rings is 1. The molecule has 4 aromatic rings. The Morgan fingerprint density at radius 2 is 1.33 bits per heavy atom. The van der Waals surface area contributed by atoms with Gasteiger partial charge in [0.15, 0.2) is 10.4 Å². The van der Waals surface area contributed by atoms with E-state index in [2.05, 4.69) is 74.7 Å². The second-order valence-corrected chi connectivity index (χ2v) is 9.44. The smallest absolute Gasteiger partial charge is 0.291 e. The van der Waals surface area contributed by atoms with Crippen molar-refractivity contribution in [2.75, 3.05) is 31.5 Å². The normalized spacial score (nSPS) is 14.1. The van der Waals surface area contributed by atoms with Crippen molar-refractivity contribution in [3.8, 4) is 0 Å². The van der Waals surface area contributed by atoms with Crippen molar-refractivity contribution in [1.82, 2.24) is 9.80 Å². The first kappa shape index (κ1) is 24.0. The Labute approximate surface area is 218 Å². The summed E-state index contributed by atoms with van der Waals surface area (Å²) in [7, 11) is 0. The second kappa shape index (κ2) is 10.9. The highest BCUT2D eigenvalue weighted by atomic mass is 79.9. The number of halogens is 1. The highest BCUT2D eigenvalue weighted by Gasteiger charge is 2.29. The number of hydrogen-bond acceptors (Lipinski definition) is 4. The van der Waals surface area contributed by atoms with E-state index < -0.39 is 5.91 Å². The van der Waals surface area contributed by atoms with Crippen molar-refractivity contribution in [1.29, 1.82) is 0 Å². The van der Waals surface area contributed by atoms with Crippen molar-refractivity contribution in [2.24, 2.45) is 0 Å². The van der Waals surface area contributed by atoms with Crippen LogP contribution < -0.4 is 5.32 Å². The lowest BCUT2D eigenvalue weighted by atomic mass is 9.96. The molecule has 1 N–H and O–H groups in total. The van der Waals surface area contributed by atoms with Gasteiger partial charge in [0.25, 0.3) is 11.8 Å². The Morgan fingerprint density at radius 1 is 0.750 bits per heavy atom. The third kappa shape index (κ3) is 5.27. The number of hydrogen-bond donors (Lipinski definition) is 1. The lowest BCUT2D eigenvalue weighted by molar-refractivity contribution is 0.0598.